The van der Waals surface area contributed by atoms with Gasteiger partial charge in [-0.3, -0.25) is 9.36 Å². The Hall–Kier alpha value is -3.30. The molecule has 0 amide bonds. The van der Waals surface area contributed by atoms with Crippen LogP contribution in [0.25, 0.3) is 17.4 Å². The Morgan fingerprint density at radius 2 is 1.90 bits per heavy atom. The van der Waals surface area contributed by atoms with Crippen molar-refractivity contribution in [2.24, 2.45) is 4.99 Å². The number of allylic oxidation sites excluding steroid dienone is 1. The summed E-state index contributed by atoms with van der Waals surface area (Å²) < 4.78 is 19.0. The van der Waals surface area contributed by atoms with Crippen molar-refractivity contribution in [3.8, 4) is 17.1 Å². The molecule has 3 heterocycles. The maximum atomic E-state index is 14.0. The molecule has 0 fully saturated rings. The van der Waals surface area contributed by atoms with E-state index >= 15 is 0 Å². The van der Waals surface area contributed by atoms with Crippen molar-refractivity contribution in [1.29, 1.82) is 0 Å². The molecule has 2 aromatic heterocycles. The van der Waals surface area contributed by atoms with Gasteiger partial charge >= 0.3 is 5.97 Å². The molecule has 1 atom stereocenters. The Bertz CT molecular complexity index is 1850. The van der Waals surface area contributed by atoms with Crippen LogP contribution < -0.4 is 19.6 Å². The van der Waals surface area contributed by atoms with Crippen LogP contribution in [0.2, 0.25) is 15.1 Å². The minimum absolute atomic E-state index is 0.172. The second-order valence-corrected chi connectivity index (χ2v) is 11.4. The summed E-state index contributed by atoms with van der Waals surface area (Å²) in [6.07, 6.45) is 2.91. The molecule has 2 aromatic carbocycles. The smallest absolute Gasteiger partial charge is 0.338 e. The van der Waals surface area contributed by atoms with E-state index in [-0.39, 0.29) is 17.7 Å². The summed E-state index contributed by atoms with van der Waals surface area (Å²) >= 11 is 19.8. The fraction of sp³-hybridized carbons (Fsp3) is 0.233. The second-order valence-electron chi connectivity index (χ2n) is 9.13. The number of ether oxygens (including phenoxy) is 2. The summed E-state index contributed by atoms with van der Waals surface area (Å²) in [7, 11) is 1.53. The van der Waals surface area contributed by atoms with Crippen LogP contribution in [-0.4, -0.2) is 24.3 Å². The van der Waals surface area contributed by atoms with Gasteiger partial charge in [0, 0.05) is 22.2 Å². The van der Waals surface area contributed by atoms with Crippen LogP contribution in [0, 0.1) is 0 Å². The largest absolute Gasteiger partial charge is 0.496 e. The summed E-state index contributed by atoms with van der Waals surface area (Å²) in [6, 6.07) is 13.0. The van der Waals surface area contributed by atoms with Crippen molar-refractivity contribution in [3.63, 3.8) is 0 Å². The van der Waals surface area contributed by atoms with Crippen LogP contribution >= 0.6 is 46.1 Å². The van der Waals surface area contributed by atoms with E-state index in [1.54, 1.807) is 61.5 Å². The molecule has 1 aliphatic heterocycles. The number of rotatable bonds is 8. The third kappa shape index (κ3) is 5.75. The first-order valence-electron chi connectivity index (χ1n) is 12.9. The molecule has 41 heavy (non-hydrogen) atoms. The lowest BCUT2D eigenvalue weighted by Gasteiger charge is -2.27. The van der Waals surface area contributed by atoms with Crippen molar-refractivity contribution in [2.75, 3.05) is 13.7 Å². The maximum Gasteiger partial charge on any atom is 0.338 e. The van der Waals surface area contributed by atoms with Crippen molar-refractivity contribution in [2.45, 2.75) is 32.7 Å². The van der Waals surface area contributed by atoms with Crippen LogP contribution in [0.1, 0.15) is 44.1 Å². The minimum atomic E-state index is -0.856. The number of aromatic nitrogens is 1. The Balaban J connectivity index is 1.70. The monoisotopic (exact) mass is 630 g/mol. The summed E-state index contributed by atoms with van der Waals surface area (Å²) in [5.41, 5.74) is 1.81. The second kappa shape index (κ2) is 12.3. The average Bonchev–Trinajstić information content (AvgIpc) is 3.54. The number of halogens is 3. The van der Waals surface area contributed by atoms with Gasteiger partial charge in [-0.05, 0) is 61.9 Å². The van der Waals surface area contributed by atoms with Crippen LogP contribution in [0.5, 0.6) is 5.75 Å². The predicted molar refractivity (Wildman–Crippen MR) is 162 cm³/mol. The first-order valence-corrected chi connectivity index (χ1v) is 14.8. The number of hydrogen-bond acceptors (Lipinski definition) is 7. The zero-order valence-electron chi connectivity index (χ0n) is 22.4. The van der Waals surface area contributed by atoms with E-state index in [1.165, 1.54) is 23.0 Å². The fourth-order valence-corrected chi connectivity index (χ4v) is 6.18. The van der Waals surface area contributed by atoms with Gasteiger partial charge in [-0.1, -0.05) is 59.5 Å². The number of furan rings is 1. The molecule has 7 nitrogen and oxygen atoms in total. The summed E-state index contributed by atoms with van der Waals surface area (Å²) in [5.74, 6) is 0.967. The minimum Gasteiger partial charge on any atom is -0.496 e. The molecule has 0 aliphatic carbocycles. The van der Waals surface area contributed by atoms with Crippen LogP contribution in [0.3, 0.4) is 0 Å². The quantitative estimate of drug-likeness (QED) is 0.200. The van der Waals surface area contributed by atoms with Crippen molar-refractivity contribution < 1.29 is 18.7 Å². The molecule has 0 unspecified atom stereocenters. The molecule has 11 heteroatoms. The van der Waals surface area contributed by atoms with E-state index < -0.39 is 12.0 Å². The Kier molecular flexibility index (Phi) is 8.75. The van der Waals surface area contributed by atoms with Crippen molar-refractivity contribution >= 4 is 58.2 Å². The number of carbonyl (C=O) groups is 1. The lowest BCUT2D eigenvalue weighted by atomic mass is 9.93. The summed E-state index contributed by atoms with van der Waals surface area (Å²) in [6.45, 7) is 3.90. The third-order valence-corrected chi connectivity index (χ3v) is 8.44. The summed E-state index contributed by atoms with van der Waals surface area (Å²) in [5, 5.41) is 1.29. The molecule has 0 radical (unpaired) electrons. The first kappa shape index (κ1) is 29.2. The summed E-state index contributed by atoms with van der Waals surface area (Å²) in [4.78, 5) is 32.6. The van der Waals surface area contributed by atoms with Gasteiger partial charge in [-0.15, -0.1) is 0 Å². The molecule has 0 saturated carbocycles. The third-order valence-electron chi connectivity index (χ3n) is 6.48. The number of fused-ring (bicyclic) bond motifs is 1. The van der Waals surface area contributed by atoms with Gasteiger partial charge in [0.1, 0.15) is 23.3 Å². The van der Waals surface area contributed by atoms with Crippen molar-refractivity contribution in [1.82, 2.24) is 4.57 Å². The number of benzene rings is 2. The van der Waals surface area contributed by atoms with Gasteiger partial charge in [0.25, 0.3) is 5.56 Å². The number of carbonyl (C=O) groups excluding carboxylic acids is 1. The first-order chi connectivity index (χ1) is 19.7. The van der Waals surface area contributed by atoms with Gasteiger partial charge in [0.15, 0.2) is 4.80 Å². The molecule has 0 bridgehead atoms. The van der Waals surface area contributed by atoms with Crippen LogP contribution in [0.15, 0.2) is 74.0 Å². The highest BCUT2D eigenvalue weighted by molar-refractivity contribution is 7.07. The fourth-order valence-electron chi connectivity index (χ4n) is 4.70. The molecule has 0 N–H and O–H groups in total. The topological polar surface area (TPSA) is 83.0 Å². The van der Waals surface area contributed by atoms with Gasteiger partial charge in [-0.25, -0.2) is 9.79 Å². The zero-order valence-corrected chi connectivity index (χ0v) is 25.5. The van der Waals surface area contributed by atoms with E-state index in [4.69, 9.17) is 53.7 Å². The Labute approximate surface area is 254 Å². The lowest BCUT2D eigenvalue weighted by molar-refractivity contribution is -0.139. The average molecular weight is 632 g/mol. The molecule has 0 saturated heterocycles. The molecule has 5 rings (SSSR count). The van der Waals surface area contributed by atoms with E-state index in [0.717, 1.165) is 12.0 Å². The molecule has 1 aliphatic rings. The highest BCUT2D eigenvalue weighted by atomic mass is 35.5. The Morgan fingerprint density at radius 3 is 2.61 bits per heavy atom. The number of nitrogens with zero attached hydrogens (tertiary/aromatic N) is 2. The zero-order chi connectivity index (χ0) is 29.3. The molecular weight excluding hydrogens is 607 g/mol. The van der Waals surface area contributed by atoms with Gasteiger partial charge < -0.3 is 13.9 Å². The van der Waals surface area contributed by atoms with Crippen molar-refractivity contribution in [3.05, 3.63) is 106 Å². The highest BCUT2D eigenvalue weighted by Gasteiger charge is 2.36. The standard InChI is InChI=1S/C30H25Cl3N2O5S/c1-4-6-22-26(29(37)39-5-2)27(19-14-17(31)8-11-24(19)38-3)35-28(36)25(41-30(35)34-22)15-18-9-12-23(40-18)16-7-10-20(32)21(33)13-16/h7-15,27H,4-6H2,1-3H3/b25-15+/t27-/m0/s1. The molecule has 4 aromatic rings. The van der Waals surface area contributed by atoms with E-state index in [2.05, 4.69) is 0 Å². The van der Waals surface area contributed by atoms with E-state index in [1.807, 2.05) is 6.92 Å². The van der Waals surface area contributed by atoms with Crippen LogP contribution in [-0.2, 0) is 9.53 Å². The number of thiazole rings is 1. The van der Waals surface area contributed by atoms with E-state index in [9.17, 15) is 9.59 Å². The Morgan fingerprint density at radius 1 is 1.10 bits per heavy atom. The number of esters is 1. The molecule has 0 spiro atoms. The normalized spacial score (nSPS) is 15.1. The maximum absolute atomic E-state index is 14.0. The molecular formula is C30H25Cl3N2O5S. The number of methoxy groups -OCH3 is 1. The lowest BCUT2D eigenvalue weighted by Crippen LogP contribution is -2.40. The highest BCUT2D eigenvalue weighted by Crippen LogP contribution is 2.38. The molecule has 212 valence electrons. The predicted octanol–water partition coefficient (Wildman–Crippen LogP) is 6.81. The van der Waals surface area contributed by atoms with Gasteiger partial charge in [0.05, 0.1) is 39.6 Å². The van der Waals surface area contributed by atoms with Gasteiger partial charge in [0.2, 0.25) is 0 Å². The number of hydrogen-bond donors (Lipinski definition) is 0. The van der Waals surface area contributed by atoms with Gasteiger partial charge in [-0.2, -0.15) is 0 Å². The van der Waals surface area contributed by atoms with E-state index in [0.29, 0.717) is 59.4 Å². The SMILES string of the molecule is CCCC1=C(C(=O)OCC)[C@H](c2cc(Cl)ccc2OC)n2c(s/c(=C/c3ccc(-c4ccc(Cl)c(Cl)c4)o3)c2=O)=N1. The van der Waals surface area contributed by atoms with Crippen LogP contribution in [0.4, 0.5) is 0 Å².